The molecule has 0 aromatic heterocycles. The van der Waals surface area contributed by atoms with Crippen LogP contribution in [0.3, 0.4) is 0 Å². The Bertz CT molecular complexity index is 162. The maximum atomic E-state index is 5.39. The van der Waals surface area contributed by atoms with Crippen LogP contribution in [0.25, 0.3) is 0 Å². The van der Waals surface area contributed by atoms with E-state index in [1.807, 2.05) is 20.9 Å². The third-order valence-corrected chi connectivity index (χ3v) is 2.32. The van der Waals surface area contributed by atoms with Gasteiger partial charge in [-0.2, -0.15) is 12.6 Å². The molecule has 2 unspecified atom stereocenters. The minimum absolute atomic E-state index is 0.0221. The van der Waals surface area contributed by atoms with E-state index < -0.39 is 0 Å². The Hall–Kier alpha value is 0.190. The van der Waals surface area contributed by atoms with Crippen molar-refractivity contribution in [3.63, 3.8) is 0 Å². The Morgan fingerprint density at radius 1 is 1.13 bits per heavy atom. The average molecular weight is 236 g/mol. The van der Waals surface area contributed by atoms with E-state index in [0.29, 0.717) is 6.54 Å². The second-order valence-corrected chi connectivity index (χ2v) is 5.16. The molecule has 0 bridgehead atoms. The second kappa shape index (κ2) is 7.46. The molecule has 0 amide bonds. The first kappa shape index (κ1) is 15.2. The van der Waals surface area contributed by atoms with Crippen LogP contribution in [0.2, 0.25) is 0 Å². The summed E-state index contributed by atoms with van der Waals surface area (Å²) in [4.78, 5) is -0.200. The quantitative estimate of drug-likeness (QED) is 0.424. The van der Waals surface area contributed by atoms with Gasteiger partial charge in [0, 0.05) is 27.3 Å². The molecule has 0 fully saturated rings. The van der Waals surface area contributed by atoms with Crippen molar-refractivity contribution in [1.82, 2.24) is 10.6 Å². The van der Waals surface area contributed by atoms with Crippen molar-refractivity contribution < 1.29 is 9.47 Å². The number of ether oxygens (including phenoxy) is 2. The molecule has 15 heavy (non-hydrogen) atoms. The number of hydrogen-bond donors (Lipinski definition) is 3. The van der Waals surface area contributed by atoms with Gasteiger partial charge in [0.2, 0.25) is 0 Å². The van der Waals surface area contributed by atoms with Crippen LogP contribution >= 0.6 is 12.6 Å². The lowest BCUT2D eigenvalue weighted by Gasteiger charge is -2.28. The minimum Gasteiger partial charge on any atom is -0.377 e. The summed E-state index contributed by atoms with van der Waals surface area (Å²) in [6, 6.07) is 0. The molecule has 0 rings (SSSR count). The highest BCUT2D eigenvalue weighted by Crippen LogP contribution is 2.08. The van der Waals surface area contributed by atoms with Crippen LogP contribution in [-0.4, -0.2) is 51.4 Å². The van der Waals surface area contributed by atoms with Gasteiger partial charge in [-0.3, -0.25) is 0 Å². The van der Waals surface area contributed by atoms with Crippen molar-refractivity contribution in [1.29, 1.82) is 0 Å². The van der Waals surface area contributed by atoms with Gasteiger partial charge in [-0.1, -0.05) is 0 Å². The molecule has 0 saturated carbocycles. The van der Waals surface area contributed by atoms with Gasteiger partial charge in [0.15, 0.2) is 0 Å². The summed E-state index contributed by atoms with van der Waals surface area (Å²) >= 11 is 4.39. The molecule has 0 aliphatic carbocycles. The summed E-state index contributed by atoms with van der Waals surface area (Å²) in [7, 11) is 5.29. The second-order valence-electron chi connectivity index (χ2n) is 4.05. The zero-order valence-corrected chi connectivity index (χ0v) is 11.2. The minimum atomic E-state index is -0.200. The third kappa shape index (κ3) is 7.14. The first-order valence-electron chi connectivity index (χ1n) is 5.12. The Kier molecular flexibility index (Phi) is 7.56. The molecule has 0 spiro atoms. The number of rotatable bonds is 8. The van der Waals surface area contributed by atoms with Crippen LogP contribution in [0.1, 0.15) is 13.8 Å². The molecule has 0 aliphatic rings. The van der Waals surface area contributed by atoms with E-state index >= 15 is 0 Å². The van der Waals surface area contributed by atoms with Crippen LogP contribution in [0.15, 0.2) is 0 Å². The van der Waals surface area contributed by atoms with E-state index in [1.165, 1.54) is 0 Å². The molecule has 0 saturated heterocycles. The molecule has 92 valence electrons. The molecule has 0 aliphatic heterocycles. The fourth-order valence-corrected chi connectivity index (χ4v) is 1.38. The average Bonchev–Trinajstić information content (AvgIpc) is 2.15. The number of hydrogen-bond acceptors (Lipinski definition) is 5. The van der Waals surface area contributed by atoms with Crippen molar-refractivity contribution in [2.45, 2.75) is 30.9 Å². The Morgan fingerprint density at radius 2 is 1.60 bits per heavy atom. The normalized spacial score (nSPS) is 16.4. The van der Waals surface area contributed by atoms with Crippen molar-refractivity contribution in [2.75, 3.05) is 34.4 Å². The summed E-state index contributed by atoms with van der Waals surface area (Å²) in [6.45, 7) is 5.49. The monoisotopic (exact) mass is 236 g/mol. The lowest BCUT2D eigenvalue weighted by molar-refractivity contribution is -0.0337. The predicted molar refractivity (Wildman–Crippen MR) is 66.6 cm³/mol. The third-order valence-electron chi connectivity index (χ3n) is 2.16. The van der Waals surface area contributed by atoms with E-state index in [2.05, 4.69) is 23.3 Å². The lowest BCUT2D eigenvalue weighted by Crippen LogP contribution is -2.47. The van der Waals surface area contributed by atoms with Gasteiger partial charge in [0.25, 0.3) is 0 Å². The van der Waals surface area contributed by atoms with E-state index in [9.17, 15) is 0 Å². The summed E-state index contributed by atoms with van der Waals surface area (Å²) < 4.78 is 10.7. The van der Waals surface area contributed by atoms with Crippen molar-refractivity contribution >= 4 is 12.6 Å². The largest absolute Gasteiger partial charge is 0.377 e. The number of methoxy groups -OCH3 is 2. The Morgan fingerprint density at radius 3 is 1.93 bits per heavy atom. The maximum absolute atomic E-state index is 5.39. The molecule has 5 heteroatoms. The molecular formula is C10H24N2O2S. The lowest BCUT2D eigenvalue weighted by atomic mass is 10.2. The SMILES string of the molecule is CNCC(OC)C(CNC(C)(C)S)OC. The summed E-state index contributed by atoms with van der Waals surface area (Å²) in [6.07, 6.45) is 0.0667. The Balaban J connectivity index is 4.09. The molecule has 4 nitrogen and oxygen atoms in total. The van der Waals surface area contributed by atoms with Crippen molar-refractivity contribution in [3.05, 3.63) is 0 Å². The number of nitrogens with one attached hydrogen (secondary N) is 2. The van der Waals surface area contributed by atoms with Gasteiger partial charge in [0.05, 0.1) is 17.1 Å². The highest BCUT2D eigenvalue weighted by atomic mass is 32.1. The van der Waals surface area contributed by atoms with Gasteiger partial charge in [-0.15, -0.1) is 0 Å². The van der Waals surface area contributed by atoms with Crippen LogP contribution in [0, 0.1) is 0 Å². The highest BCUT2D eigenvalue weighted by Gasteiger charge is 2.22. The van der Waals surface area contributed by atoms with Crippen molar-refractivity contribution in [3.8, 4) is 0 Å². The molecule has 0 heterocycles. The Labute approximate surface area is 98.5 Å². The molecule has 0 radical (unpaired) electrons. The predicted octanol–water partition coefficient (Wildman–Crippen LogP) is 0.491. The van der Waals surface area contributed by atoms with Gasteiger partial charge in [-0.25, -0.2) is 0 Å². The van der Waals surface area contributed by atoms with Crippen LogP contribution < -0.4 is 10.6 Å². The molecule has 2 atom stereocenters. The van der Waals surface area contributed by atoms with Gasteiger partial charge < -0.3 is 20.1 Å². The fourth-order valence-electron chi connectivity index (χ4n) is 1.28. The molecule has 0 aromatic carbocycles. The summed E-state index contributed by atoms with van der Waals surface area (Å²) in [5, 5.41) is 6.36. The summed E-state index contributed by atoms with van der Waals surface area (Å²) in [5.74, 6) is 0. The first-order valence-corrected chi connectivity index (χ1v) is 5.57. The number of thiol groups is 1. The fraction of sp³-hybridized carbons (Fsp3) is 1.00. The zero-order chi connectivity index (χ0) is 11.9. The van der Waals surface area contributed by atoms with Crippen LogP contribution in [0.5, 0.6) is 0 Å². The topological polar surface area (TPSA) is 42.5 Å². The zero-order valence-electron chi connectivity index (χ0n) is 10.3. The van der Waals surface area contributed by atoms with Gasteiger partial charge in [-0.05, 0) is 20.9 Å². The van der Waals surface area contributed by atoms with E-state index in [1.54, 1.807) is 14.2 Å². The van der Waals surface area contributed by atoms with E-state index in [0.717, 1.165) is 6.54 Å². The molecule has 0 aromatic rings. The highest BCUT2D eigenvalue weighted by molar-refractivity contribution is 7.81. The van der Waals surface area contributed by atoms with Gasteiger partial charge >= 0.3 is 0 Å². The summed E-state index contributed by atoms with van der Waals surface area (Å²) in [5.41, 5.74) is 0. The van der Waals surface area contributed by atoms with Gasteiger partial charge in [0.1, 0.15) is 0 Å². The van der Waals surface area contributed by atoms with E-state index in [4.69, 9.17) is 9.47 Å². The van der Waals surface area contributed by atoms with Crippen molar-refractivity contribution in [2.24, 2.45) is 0 Å². The van der Waals surface area contributed by atoms with E-state index in [-0.39, 0.29) is 17.1 Å². The molecule has 2 N–H and O–H groups in total. The standard InChI is InChI=1S/C10H24N2O2S/c1-10(2,15)12-7-9(14-5)8(13-4)6-11-3/h8-9,11-12,15H,6-7H2,1-5H3. The van der Waals surface area contributed by atoms with Crippen LogP contribution in [0.4, 0.5) is 0 Å². The maximum Gasteiger partial charge on any atom is 0.0969 e. The molecular weight excluding hydrogens is 212 g/mol. The number of likely N-dealkylation sites (N-methyl/N-ethyl adjacent to an activating group) is 1. The smallest absolute Gasteiger partial charge is 0.0969 e. The van der Waals surface area contributed by atoms with Crippen LogP contribution in [-0.2, 0) is 9.47 Å². The first-order chi connectivity index (χ1) is 6.94.